The number of hydrogen-bond donors (Lipinski definition) is 2. The number of aryl methyl sites for hydroxylation is 1. The molecule has 1 heterocycles. The first-order valence-electron chi connectivity index (χ1n) is 4.44. The minimum absolute atomic E-state index is 0.0527. The van der Waals surface area contributed by atoms with Gasteiger partial charge in [0.1, 0.15) is 5.82 Å². The van der Waals surface area contributed by atoms with Crippen molar-refractivity contribution >= 4 is 10.0 Å². The van der Waals surface area contributed by atoms with Gasteiger partial charge in [0.15, 0.2) is 5.03 Å². The van der Waals surface area contributed by atoms with E-state index >= 15 is 0 Å². The van der Waals surface area contributed by atoms with E-state index in [1.54, 1.807) is 6.92 Å². The minimum Gasteiger partial charge on any atom is -0.332 e. The molecule has 1 aromatic heterocycles. The predicted octanol–water partition coefficient (Wildman–Crippen LogP) is 0.300. The molecule has 0 amide bonds. The van der Waals surface area contributed by atoms with Crippen molar-refractivity contribution in [1.29, 1.82) is 5.26 Å². The van der Waals surface area contributed by atoms with Gasteiger partial charge in [0.05, 0.1) is 12.3 Å². The van der Waals surface area contributed by atoms with E-state index in [1.165, 1.54) is 6.20 Å². The first-order valence-corrected chi connectivity index (χ1v) is 5.93. The zero-order valence-corrected chi connectivity index (χ0v) is 9.13. The van der Waals surface area contributed by atoms with Gasteiger partial charge in [0.25, 0.3) is 10.0 Å². The second-order valence-electron chi connectivity index (χ2n) is 2.99. The summed E-state index contributed by atoms with van der Waals surface area (Å²) in [5, 5.41) is 8.33. The van der Waals surface area contributed by atoms with Crippen LogP contribution in [-0.4, -0.2) is 24.9 Å². The molecule has 2 N–H and O–H groups in total. The molecule has 0 fully saturated rings. The molecule has 0 atom stereocenters. The van der Waals surface area contributed by atoms with E-state index in [9.17, 15) is 8.42 Å². The van der Waals surface area contributed by atoms with Crippen LogP contribution in [0.5, 0.6) is 0 Å². The molecule has 1 aromatic rings. The molecule has 0 aromatic carbocycles. The number of nitriles is 1. The third kappa shape index (κ3) is 3.34. The van der Waals surface area contributed by atoms with Gasteiger partial charge in [-0.2, -0.15) is 5.26 Å². The number of nitrogens with one attached hydrogen (secondary N) is 2. The van der Waals surface area contributed by atoms with Gasteiger partial charge in [-0.05, 0) is 13.3 Å². The van der Waals surface area contributed by atoms with Crippen LogP contribution < -0.4 is 4.72 Å². The lowest BCUT2D eigenvalue weighted by Crippen LogP contribution is -2.25. The van der Waals surface area contributed by atoms with Crippen molar-refractivity contribution in [2.75, 3.05) is 6.54 Å². The number of imidazole rings is 1. The summed E-state index contributed by atoms with van der Waals surface area (Å²) >= 11 is 0. The monoisotopic (exact) mass is 228 g/mol. The molecular formula is C8H12N4O2S. The van der Waals surface area contributed by atoms with E-state index in [2.05, 4.69) is 14.7 Å². The average Bonchev–Trinajstić information content (AvgIpc) is 2.60. The van der Waals surface area contributed by atoms with Gasteiger partial charge in [-0.3, -0.25) is 0 Å². The highest BCUT2D eigenvalue weighted by atomic mass is 32.2. The van der Waals surface area contributed by atoms with Crippen molar-refractivity contribution in [3.63, 3.8) is 0 Å². The fraction of sp³-hybridized carbons (Fsp3) is 0.500. The molecule has 0 aliphatic heterocycles. The van der Waals surface area contributed by atoms with Crippen LogP contribution in [0.1, 0.15) is 18.7 Å². The van der Waals surface area contributed by atoms with Gasteiger partial charge >= 0.3 is 0 Å². The Morgan fingerprint density at radius 3 is 2.93 bits per heavy atom. The molecule has 6 nitrogen and oxygen atoms in total. The lowest BCUT2D eigenvalue weighted by atomic mass is 10.3. The number of nitrogens with zero attached hydrogens (tertiary/aromatic N) is 2. The summed E-state index contributed by atoms with van der Waals surface area (Å²) in [6, 6.07) is 1.94. The van der Waals surface area contributed by atoms with Crippen LogP contribution in [0, 0.1) is 18.3 Å². The zero-order chi connectivity index (χ0) is 11.3. The van der Waals surface area contributed by atoms with Crippen molar-refractivity contribution in [2.24, 2.45) is 0 Å². The number of aromatic nitrogens is 2. The van der Waals surface area contributed by atoms with Crippen molar-refractivity contribution < 1.29 is 8.42 Å². The van der Waals surface area contributed by atoms with Gasteiger partial charge in [-0.25, -0.2) is 18.1 Å². The molecule has 0 aliphatic rings. The standard InChI is InChI=1S/C8H12N4O2S/c1-7-10-6-8(12-7)15(13,14)11-5-3-2-4-9/h6,11H,2-3,5H2,1H3,(H,10,12). The number of H-pyrrole nitrogens is 1. The van der Waals surface area contributed by atoms with E-state index in [-0.39, 0.29) is 11.6 Å². The number of aromatic amines is 1. The SMILES string of the molecule is Cc1ncc(S(=O)(=O)NCCCC#N)[nH]1. The van der Waals surface area contributed by atoms with E-state index in [1.807, 2.05) is 6.07 Å². The summed E-state index contributed by atoms with van der Waals surface area (Å²) in [4.78, 5) is 6.43. The Kier molecular flexibility index (Phi) is 3.82. The van der Waals surface area contributed by atoms with Gasteiger partial charge in [0, 0.05) is 13.0 Å². The van der Waals surface area contributed by atoms with Crippen molar-refractivity contribution in [2.45, 2.75) is 24.8 Å². The van der Waals surface area contributed by atoms with Gasteiger partial charge in [-0.1, -0.05) is 0 Å². The first kappa shape index (κ1) is 11.7. The van der Waals surface area contributed by atoms with Crippen LogP contribution in [0.25, 0.3) is 0 Å². The summed E-state index contributed by atoms with van der Waals surface area (Å²) in [5.74, 6) is 0.549. The molecule has 0 saturated carbocycles. The molecule has 7 heteroatoms. The Morgan fingerprint density at radius 2 is 2.40 bits per heavy atom. The average molecular weight is 228 g/mol. The number of unbranched alkanes of at least 4 members (excludes halogenated alkanes) is 1. The molecular weight excluding hydrogens is 216 g/mol. The molecule has 0 radical (unpaired) electrons. The van der Waals surface area contributed by atoms with Crippen molar-refractivity contribution in [1.82, 2.24) is 14.7 Å². The van der Waals surface area contributed by atoms with Gasteiger partial charge in [0.2, 0.25) is 0 Å². The topological polar surface area (TPSA) is 98.6 Å². The number of hydrogen-bond acceptors (Lipinski definition) is 4. The molecule has 82 valence electrons. The quantitative estimate of drug-likeness (QED) is 0.708. The van der Waals surface area contributed by atoms with E-state index in [0.29, 0.717) is 18.7 Å². The molecule has 1 rings (SSSR count). The van der Waals surface area contributed by atoms with E-state index in [0.717, 1.165) is 0 Å². The lowest BCUT2D eigenvalue weighted by molar-refractivity contribution is 0.576. The Hall–Kier alpha value is -1.39. The van der Waals surface area contributed by atoms with Gasteiger partial charge < -0.3 is 4.98 Å². The highest BCUT2D eigenvalue weighted by Crippen LogP contribution is 2.04. The molecule has 15 heavy (non-hydrogen) atoms. The van der Waals surface area contributed by atoms with Crippen molar-refractivity contribution in [3.05, 3.63) is 12.0 Å². The summed E-state index contributed by atoms with van der Waals surface area (Å²) in [6.07, 6.45) is 2.11. The van der Waals surface area contributed by atoms with E-state index < -0.39 is 10.0 Å². The Balaban J connectivity index is 2.57. The van der Waals surface area contributed by atoms with Crippen LogP contribution in [0.3, 0.4) is 0 Å². The second-order valence-corrected chi connectivity index (χ2v) is 4.73. The Morgan fingerprint density at radius 1 is 1.67 bits per heavy atom. The van der Waals surface area contributed by atoms with Crippen LogP contribution in [0.2, 0.25) is 0 Å². The maximum Gasteiger partial charge on any atom is 0.257 e. The maximum absolute atomic E-state index is 11.5. The lowest BCUT2D eigenvalue weighted by Gasteiger charge is -2.02. The van der Waals surface area contributed by atoms with Crippen molar-refractivity contribution in [3.8, 4) is 6.07 Å². The third-order valence-corrected chi connectivity index (χ3v) is 3.10. The summed E-state index contributed by atoms with van der Waals surface area (Å²) in [6.45, 7) is 1.93. The number of rotatable bonds is 5. The smallest absolute Gasteiger partial charge is 0.257 e. The largest absolute Gasteiger partial charge is 0.332 e. The second kappa shape index (κ2) is 4.91. The van der Waals surface area contributed by atoms with E-state index in [4.69, 9.17) is 5.26 Å². The van der Waals surface area contributed by atoms with Crippen LogP contribution in [0.15, 0.2) is 11.2 Å². The molecule has 0 unspecified atom stereocenters. The molecule has 0 saturated heterocycles. The summed E-state index contributed by atoms with van der Waals surface area (Å²) in [7, 11) is -3.50. The summed E-state index contributed by atoms with van der Waals surface area (Å²) < 4.78 is 25.5. The fourth-order valence-electron chi connectivity index (χ4n) is 0.987. The third-order valence-electron chi connectivity index (χ3n) is 1.73. The number of sulfonamides is 1. The zero-order valence-electron chi connectivity index (χ0n) is 8.32. The van der Waals surface area contributed by atoms with Crippen LogP contribution in [0.4, 0.5) is 0 Å². The van der Waals surface area contributed by atoms with Crippen LogP contribution >= 0.6 is 0 Å². The summed E-state index contributed by atoms with van der Waals surface area (Å²) in [5.41, 5.74) is 0. The highest BCUT2D eigenvalue weighted by molar-refractivity contribution is 7.89. The predicted molar refractivity (Wildman–Crippen MR) is 53.4 cm³/mol. The fourth-order valence-corrected chi connectivity index (χ4v) is 2.03. The highest BCUT2D eigenvalue weighted by Gasteiger charge is 2.15. The molecule has 0 aliphatic carbocycles. The minimum atomic E-state index is -3.50. The van der Waals surface area contributed by atoms with Crippen LogP contribution in [-0.2, 0) is 10.0 Å². The van der Waals surface area contributed by atoms with Gasteiger partial charge in [-0.15, -0.1) is 0 Å². The maximum atomic E-state index is 11.5. The first-order chi connectivity index (χ1) is 7.06. The molecule has 0 spiro atoms. The Labute approximate surface area is 88.4 Å². The molecule has 0 bridgehead atoms. The Bertz CT molecular complexity index is 457. The normalized spacial score (nSPS) is 11.2.